The van der Waals surface area contributed by atoms with E-state index in [1.165, 1.54) is 17.6 Å². The van der Waals surface area contributed by atoms with Crippen LogP contribution in [0.1, 0.15) is 20.8 Å². The zero-order valence-electron chi connectivity index (χ0n) is 10.3. The van der Waals surface area contributed by atoms with Gasteiger partial charge in [-0.1, -0.05) is 6.07 Å². The molecule has 0 bridgehead atoms. The number of carbonyl (C=O) groups excluding carboxylic acids is 1. The third-order valence-electron chi connectivity index (χ3n) is 2.50. The Morgan fingerprint density at radius 1 is 1.42 bits per heavy atom. The first-order valence-electron chi connectivity index (χ1n) is 5.64. The first kappa shape index (κ1) is 14.0. The summed E-state index contributed by atoms with van der Waals surface area (Å²) < 4.78 is 0.927. The fourth-order valence-corrected chi connectivity index (χ4v) is 2.85. The third-order valence-corrected chi connectivity index (χ3v) is 4.16. The molecule has 0 spiro atoms. The summed E-state index contributed by atoms with van der Waals surface area (Å²) >= 11 is 4.71. The molecule has 19 heavy (non-hydrogen) atoms. The number of thiophene rings is 1. The van der Waals surface area contributed by atoms with E-state index in [4.69, 9.17) is 0 Å². The molecule has 0 amide bonds. The van der Waals surface area contributed by atoms with Crippen molar-refractivity contribution in [2.24, 2.45) is 4.99 Å². The van der Waals surface area contributed by atoms with Gasteiger partial charge in [-0.2, -0.15) is 0 Å². The number of rotatable bonds is 4. The minimum absolute atomic E-state index is 0.0291. The van der Waals surface area contributed by atoms with Crippen LogP contribution in [0.25, 0.3) is 0 Å². The number of phenols is 1. The molecule has 0 aliphatic rings. The number of ketones is 1. The van der Waals surface area contributed by atoms with E-state index < -0.39 is 0 Å². The normalized spacial score (nSPS) is 11.1. The molecule has 0 radical (unpaired) electrons. The fourth-order valence-electron chi connectivity index (χ4n) is 1.53. The van der Waals surface area contributed by atoms with Crippen LogP contribution >= 0.6 is 27.3 Å². The maximum atomic E-state index is 11.8. The van der Waals surface area contributed by atoms with Crippen LogP contribution in [0.15, 0.2) is 39.1 Å². The average Bonchev–Trinajstić information content (AvgIpc) is 2.78. The number of nitrogens with zero attached hydrogens (tertiary/aromatic N) is 1. The lowest BCUT2D eigenvalue weighted by atomic mass is 10.1. The van der Waals surface area contributed by atoms with Crippen LogP contribution in [0, 0.1) is 6.92 Å². The van der Waals surface area contributed by atoms with Gasteiger partial charge in [-0.25, -0.2) is 0 Å². The van der Waals surface area contributed by atoms with Crippen LogP contribution in [0.4, 0.5) is 0 Å². The SMILES string of the molecule is Cc1ccc(C=NCC(=O)c2ccc(Br)s2)c(O)c1. The number of carbonyl (C=O) groups is 1. The molecule has 1 heterocycles. The quantitative estimate of drug-likeness (QED) is 0.680. The summed E-state index contributed by atoms with van der Waals surface area (Å²) in [6.45, 7) is 1.99. The molecule has 1 aromatic heterocycles. The molecule has 2 rings (SSSR count). The number of benzene rings is 1. The van der Waals surface area contributed by atoms with E-state index in [1.807, 2.05) is 19.1 Å². The average molecular weight is 338 g/mol. The van der Waals surface area contributed by atoms with Crippen molar-refractivity contribution in [3.63, 3.8) is 0 Å². The van der Waals surface area contributed by atoms with Gasteiger partial charge in [0.1, 0.15) is 12.3 Å². The molecule has 0 aliphatic heterocycles. The molecular weight excluding hydrogens is 326 g/mol. The number of Topliss-reactive ketones (excluding diaryl/α,β-unsaturated/α-hetero) is 1. The van der Waals surface area contributed by atoms with Gasteiger partial charge in [0.15, 0.2) is 5.78 Å². The van der Waals surface area contributed by atoms with Crippen LogP contribution in [-0.4, -0.2) is 23.6 Å². The second-order valence-corrected chi connectivity index (χ2v) is 6.52. The molecule has 0 atom stereocenters. The highest BCUT2D eigenvalue weighted by atomic mass is 79.9. The topological polar surface area (TPSA) is 49.7 Å². The van der Waals surface area contributed by atoms with Crippen LogP contribution in [0.2, 0.25) is 0 Å². The predicted octanol–water partition coefficient (Wildman–Crippen LogP) is 3.83. The molecule has 5 heteroatoms. The van der Waals surface area contributed by atoms with E-state index in [1.54, 1.807) is 18.2 Å². The van der Waals surface area contributed by atoms with Crippen molar-refractivity contribution in [3.05, 3.63) is 50.1 Å². The summed E-state index contributed by atoms with van der Waals surface area (Å²) in [7, 11) is 0. The van der Waals surface area contributed by atoms with Crippen molar-refractivity contribution in [2.75, 3.05) is 6.54 Å². The highest BCUT2D eigenvalue weighted by Crippen LogP contribution is 2.22. The maximum absolute atomic E-state index is 11.8. The second-order valence-electron chi connectivity index (χ2n) is 4.06. The van der Waals surface area contributed by atoms with E-state index in [0.29, 0.717) is 10.4 Å². The van der Waals surface area contributed by atoms with Gasteiger partial charge in [0.25, 0.3) is 0 Å². The Hall–Kier alpha value is -1.46. The smallest absolute Gasteiger partial charge is 0.194 e. The molecule has 98 valence electrons. The van der Waals surface area contributed by atoms with Gasteiger partial charge in [-0.3, -0.25) is 9.79 Å². The van der Waals surface area contributed by atoms with Crippen LogP contribution in [-0.2, 0) is 0 Å². The Balaban J connectivity index is 2.02. The van der Waals surface area contributed by atoms with Crippen molar-refractivity contribution < 1.29 is 9.90 Å². The molecular formula is C14H12BrNO2S. The molecule has 3 nitrogen and oxygen atoms in total. The van der Waals surface area contributed by atoms with E-state index in [0.717, 1.165) is 9.35 Å². The molecule has 2 aromatic rings. The second kappa shape index (κ2) is 6.12. The largest absolute Gasteiger partial charge is 0.507 e. The number of aliphatic imine (C=N–C) groups is 1. The van der Waals surface area contributed by atoms with Gasteiger partial charge < -0.3 is 5.11 Å². The van der Waals surface area contributed by atoms with Crippen molar-refractivity contribution in [1.29, 1.82) is 0 Å². The summed E-state index contributed by atoms with van der Waals surface area (Å²) in [6.07, 6.45) is 1.52. The minimum atomic E-state index is -0.0291. The van der Waals surface area contributed by atoms with Crippen LogP contribution in [0.5, 0.6) is 5.75 Å². The van der Waals surface area contributed by atoms with E-state index in [9.17, 15) is 9.90 Å². The monoisotopic (exact) mass is 337 g/mol. The fraction of sp³-hybridized carbons (Fsp3) is 0.143. The lowest BCUT2D eigenvalue weighted by Crippen LogP contribution is -2.00. The standard InChI is InChI=1S/C14H12BrNO2S/c1-9-2-3-10(11(17)6-9)7-16-8-12(18)13-4-5-14(15)19-13/h2-7,17H,8H2,1H3. The number of aryl methyl sites for hydroxylation is 1. The third kappa shape index (κ3) is 3.75. The Kier molecular flexibility index (Phi) is 4.50. The summed E-state index contributed by atoms with van der Waals surface area (Å²) in [4.78, 5) is 16.6. The van der Waals surface area contributed by atoms with E-state index >= 15 is 0 Å². The van der Waals surface area contributed by atoms with Crippen molar-refractivity contribution in [2.45, 2.75) is 6.92 Å². The van der Waals surface area contributed by atoms with E-state index in [2.05, 4.69) is 20.9 Å². The molecule has 0 fully saturated rings. The zero-order chi connectivity index (χ0) is 13.8. The molecule has 0 saturated carbocycles. The number of halogens is 1. The Morgan fingerprint density at radius 2 is 2.21 bits per heavy atom. The van der Waals surface area contributed by atoms with Gasteiger partial charge in [0, 0.05) is 11.8 Å². The number of phenolic OH excluding ortho intramolecular Hbond substituents is 1. The van der Waals surface area contributed by atoms with Gasteiger partial charge in [-0.05, 0) is 52.7 Å². The predicted molar refractivity (Wildman–Crippen MR) is 81.7 cm³/mol. The lowest BCUT2D eigenvalue weighted by Gasteiger charge is -1.99. The zero-order valence-corrected chi connectivity index (χ0v) is 12.7. The highest BCUT2D eigenvalue weighted by molar-refractivity contribution is 9.11. The van der Waals surface area contributed by atoms with Gasteiger partial charge in [0.2, 0.25) is 0 Å². The number of hydrogen-bond acceptors (Lipinski definition) is 4. The Morgan fingerprint density at radius 3 is 2.84 bits per heavy atom. The van der Waals surface area contributed by atoms with E-state index in [-0.39, 0.29) is 18.1 Å². The first-order valence-corrected chi connectivity index (χ1v) is 7.25. The number of hydrogen-bond donors (Lipinski definition) is 1. The van der Waals surface area contributed by atoms with Gasteiger partial charge in [0.05, 0.1) is 8.66 Å². The summed E-state index contributed by atoms with van der Waals surface area (Å²) in [5, 5.41) is 9.70. The van der Waals surface area contributed by atoms with Gasteiger partial charge in [-0.15, -0.1) is 11.3 Å². The minimum Gasteiger partial charge on any atom is -0.507 e. The number of aromatic hydroxyl groups is 1. The van der Waals surface area contributed by atoms with Crippen molar-refractivity contribution in [3.8, 4) is 5.75 Å². The Bertz CT molecular complexity index is 634. The van der Waals surface area contributed by atoms with Crippen molar-refractivity contribution >= 4 is 39.3 Å². The maximum Gasteiger partial charge on any atom is 0.194 e. The van der Waals surface area contributed by atoms with Gasteiger partial charge >= 0.3 is 0 Å². The summed E-state index contributed by atoms with van der Waals surface area (Å²) in [6, 6.07) is 8.95. The summed E-state index contributed by atoms with van der Waals surface area (Å²) in [5.41, 5.74) is 1.60. The van der Waals surface area contributed by atoms with Crippen molar-refractivity contribution in [1.82, 2.24) is 0 Å². The lowest BCUT2D eigenvalue weighted by molar-refractivity contribution is 0.101. The molecule has 1 aromatic carbocycles. The van der Waals surface area contributed by atoms with Crippen LogP contribution in [0.3, 0.4) is 0 Å². The molecule has 0 aliphatic carbocycles. The molecule has 1 N–H and O–H groups in total. The highest BCUT2D eigenvalue weighted by Gasteiger charge is 2.07. The molecule has 0 saturated heterocycles. The molecule has 0 unspecified atom stereocenters. The first-order chi connectivity index (χ1) is 9.06. The van der Waals surface area contributed by atoms with Crippen LogP contribution < -0.4 is 0 Å². The Labute approximate surface area is 123 Å². The summed E-state index contributed by atoms with van der Waals surface area (Å²) in [5.74, 6) is 0.147.